The monoisotopic (exact) mass is 406 g/mol. The third kappa shape index (κ3) is 7.18. The Morgan fingerprint density at radius 3 is 2.10 bits per heavy atom. The Hall–Kier alpha value is -2.88. The fourth-order valence-corrected chi connectivity index (χ4v) is 3.07. The molecular weight excluding hydrogens is 368 g/mol. The van der Waals surface area contributed by atoms with Crippen LogP contribution in [0.1, 0.15) is 64.7 Å². The molecule has 0 fully saturated rings. The number of rotatable bonds is 4. The van der Waals surface area contributed by atoms with E-state index in [0.717, 1.165) is 22.8 Å². The van der Waals surface area contributed by atoms with Crippen molar-refractivity contribution in [3.05, 3.63) is 71.4 Å². The van der Waals surface area contributed by atoms with Gasteiger partial charge in [0.1, 0.15) is 5.82 Å². The molecular formula is C26H38N4. The first kappa shape index (κ1) is 25.2. The van der Waals surface area contributed by atoms with Crippen molar-refractivity contribution < 1.29 is 0 Å². The Labute approximate surface area is 183 Å². The van der Waals surface area contributed by atoms with E-state index in [2.05, 4.69) is 38.8 Å². The van der Waals surface area contributed by atoms with E-state index in [9.17, 15) is 0 Å². The molecule has 2 aromatic carbocycles. The summed E-state index contributed by atoms with van der Waals surface area (Å²) in [6, 6.07) is 16.6. The lowest BCUT2D eigenvalue weighted by Crippen LogP contribution is -2.03. The molecule has 1 aliphatic carbocycles. The fourth-order valence-electron chi connectivity index (χ4n) is 3.07. The van der Waals surface area contributed by atoms with Gasteiger partial charge in [-0.05, 0) is 61.6 Å². The molecule has 0 saturated heterocycles. The van der Waals surface area contributed by atoms with Gasteiger partial charge >= 0.3 is 0 Å². The molecule has 4 nitrogen and oxygen atoms in total. The molecule has 0 atom stereocenters. The van der Waals surface area contributed by atoms with Crippen molar-refractivity contribution in [2.45, 2.75) is 67.7 Å². The Balaban J connectivity index is 0.000000691. The minimum absolute atomic E-state index is 0.593. The normalized spacial score (nSPS) is 10.8. The zero-order valence-corrected chi connectivity index (χ0v) is 19.7. The number of fused-ring (bicyclic) bond motifs is 1. The van der Waals surface area contributed by atoms with Crippen LogP contribution >= 0.6 is 0 Å². The second-order valence-electron chi connectivity index (χ2n) is 6.18. The van der Waals surface area contributed by atoms with Crippen LogP contribution in [0.5, 0.6) is 0 Å². The van der Waals surface area contributed by atoms with Crippen molar-refractivity contribution in [3.63, 3.8) is 0 Å². The molecule has 0 unspecified atom stereocenters. The zero-order chi connectivity index (χ0) is 22.4. The summed E-state index contributed by atoms with van der Waals surface area (Å²) in [7, 11) is 0. The van der Waals surface area contributed by atoms with E-state index in [-0.39, 0.29) is 0 Å². The largest absolute Gasteiger partial charge is 0.340 e. The van der Waals surface area contributed by atoms with Gasteiger partial charge in [0.15, 0.2) is 0 Å². The van der Waals surface area contributed by atoms with Gasteiger partial charge in [-0.3, -0.25) is 0 Å². The summed E-state index contributed by atoms with van der Waals surface area (Å²) >= 11 is 0. The molecule has 0 spiro atoms. The number of hydrogen-bond acceptors (Lipinski definition) is 4. The highest BCUT2D eigenvalue weighted by Crippen LogP contribution is 2.27. The highest BCUT2D eigenvalue weighted by atomic mass is 15.1. The van der Waals surface area contributed by atoms with Crippen molar-refractivity contribution >= 4 is 23.1 Å². The predicted octanol–water partition coefficient (Wildman–Crippen LogP) is 7.84. The SMILES string of the molecule is CC.CC.CC.Cc1cnc(Nc2ccccc2)nc1Nc1ccc2c(c1)CCC2. The van der Waals surface area contributed by atoms with E-state index in [1.54, 1.807) is 0 Å². The number of nitrogens with one attached hydrogen (secondary N) is 2. The van der Waals surface area contributed by atoms with Crippen molar-refractivity contribution in [2.75, 3.05) is 10.6 Å². The van der Waals surface area contributed by atoms with Crippen molar-refractivity contribution in [1.82, 2.24) is 9.97 Å². The molecule has 4 rings (SSSR count). The van der Waals surface area contributed by atoms with Crippen LogP contribution in [0.3, 0.4) is 0 Å². The first-order valence-electron chi connectivity index (χ1n) is 11.3. The van der Waals surface area contributed by atoms with E-state index in [1.165, 1.54) is 30.4 Å². The third-order valence-corrected chi connectivity index (χ3v) is 4.36. The van der Waals surface area contributed by atoms with Gasteiger partial charge in [0.2, 0.25) is 5.95 Å². The third-order valence-electron chi connectivity index (χ3n) is 4.36. The lowest BCUT2D eigenvalue weighted by molar-refractivity contribution is 0.912. The molecule has 0 saturated carbocycles. The molecule has 0 aliphatic heterocycles. The van der Waals surface area contributed by atoms with Crippen LogP contribution in [0.4, 0.5) is 23.1 Å². The number of aryl methyl sites for hydroxylation is 3. The quantitative estimate of drug-likeness (QED) is 0.463. The van der Waals surface area contributed by atoms with Crippen LogP contribution in [-0.4, -0.2) is 9.97 Å². The van der Waals surface area contributed by atoms with Crippen molar-refractivity contribution in [3.8, 4) is 0 Å². The number of hydrogen-bond donors (Lipinski definition) is 2. The maximum absolute atomic E-state index is 4.62. The molecule has 162 valence electrons. The lowest BCUT2D eigenvalue weighted by Gasteiger charge is -2.12. The van der Waals surface area contributed by atoms with Gasteiger partial charge in [-0.15, -0.1) is 0 Å². The average Bonchev–Trinajstić information content (AvgIpc) is 3.29. The minimum atomic E-state index is 0.593. The summed E-state index contributed by atoms with van der Waals surface area (Å²) in [6.07, 6.45) is 5.48. The van der Waals surface area contributed by atoms with Crippen molar-refractivity contribution in [2.24, 2.45) is 0 Å². The van der Waals surface area contributed by atoms with Crippen LogP contribution in [0.15, 0.2) is 54.7 Å². The Morgan fingerprint density at radius 2 is 1.40 bits per heavy atom. The van der Waals surface area contributed by atoms with E-state index < -0.39 is 0 Å². The van der Waals surface area contributed by atoms with Gasteiger partial charge in [-0.1, -0.05) is 65.8 Å². The highest BCUT2D eigenvalue weighted by molar-refractivity contribution is 5.63. The van der Waals surface area contributed by atoms with E-state index in [4.69, 9.17) is 0 Å². The number of aromatic nitrogens is 2. The molecule has 0 bridgehead atoms. The van der Waals surface area contributed by atoms with Crippen LogP contribution in [0, 0.1) is 6.92 Å². The second-order valence-corrected chi connectivity index (χ2v) is 6.18. The van der Waals surface area contributed by atoms with E-state index >= 15 is 0 Å². The van der Waals surface area contributed by atoms with Gasteiger partial charge in [0.05, 0.1) is 0 Å². The van der Waals surface area contributed by atoms with E-state index in [0.29, 0.717) is 5.95 Å². The Bertz CT molecular complexity index is 860. The van der Waals surface area contributed by atoms with Gasteiger partial charge in [-0.25, -0.2) is 4.98 Å². The Kier molecular flexibility index (Phi) is 11.9. The van der Waals surface area contributed by atoms with Crippen LogP contribution in [-0.2, 0) is 12.8 Å². The summed E-state index contributed by atoms with van der Waals surface area (Å²) in [6.45, 7) is 14.0. The maximum atomic E-state index is 4.62. The maximum Gasteiger partial charge on any atom is 0.229 e. The first-order valence-corrected chi connectivity index (χ1v) is 11.3. The summed E-state index contributed by atoms with van der Waals surface area (Å²) in [5.41, 5.74) is 6.02. The van der Waals surface area contributed by atoms with Crippen LogP contribution in [0.2, 0.25) is 0 Å². The second kappa shape index (κ2) is 14.2. The number of nitrogens with zero attached hydrogens (tertiary/aromatic N) is 2. The number of anilines is 4. The fraction of sp³-hybridized carbons (Fsp3) is 0.385. The van der Waals surface area contributed by atoms with Gasteiger partial charge < -0.3 is 10.6 Å². The average molecular weight is 407 g/mol. The molecule has 1 aliphatic rings. The summed E-state index contributed by atoms with van der Waals surface area (Å²) in [5.74, 6) is 1.43. The highest BCUT2D eigenvalue weighted by Gasteiger charge is 2.12. The molecule has 3 aromatic rings. The lowest BCUT2D eigenvalue weighted by atomic mass is 10.1. The van der Waals surface area contributed by atoms with E-state index in [1.807, 2.05) is 85.0 Å². The summed E-state index contributed by atoms with van der Waals surface area (Å²) < 4.78 is 0. The molecule has 0 amide bonds. The Morgan fingerprint density at radius 1 is 0.733 bits per heavy atom. The van der Waals surface area contributed by atoms with Crippen LogP contribution in [0.25, 0.3) is 0 Å². The summed E-state index contributed by atoms with van der Waals surface area (Å²) in [4.78, 5) is 8.99. The van der Waals surface area contributed by atoms with Crippen molar-refractivity contribution in [1.29, 1.82) is 0 Å². The molecule has 0 radical (unpaired) electrons. The molecule has 4 heteroatoms. The van der Waals surface area contributed by atoms with Gasteiger partial charge in [-0.2, -0.15) is 4.98 Å². The van der Waals surface area contributed by atoms with Crippen LogP contribution < -0.4 is 10.6 Å². The summed E-state index contributed by atoms with van der Waals surface area (Å²) in [5, 5.41) is 6.67. The minimum Gasteiger partial charge on any atom is -0.340 e. The topological polar surface area (TPSA) is 49.8 Å². The zero-order valence-electron chi connectivity index (χ0n) is 19.7. The standard InChI is InChI=1S/C20H20N4.3C2H6/c1-14-13-21-20(23-17-8-3-2-4-9-17)24-19(14)22-18-11-10-15-6-5-7-16(15)12-18;3*1-2/h2-4,8-13H,5-7H2,1H3,(H2,21,22,23,24);3*1-2H3. The number of benzene rings is 2. The molecule has 2 N–H and O–H groups in total. The molecule has 1 aromatic heterocycles. The number of para-hydroxylation sites is 1. The molecule has 30 heavy (non-hydrogen) atoms. The predicted molar refractivity (Wildman–Crippen MR) is 132 cm³/mol. The molecule has 1 heterocycles. The first-order chi connectivity index (χ1) is 14.8. The van der Waals surface area contributed by atoms with Gasteiger partial charge in [0.25, 0.3) is 0 Å². The smallest absolute Gasteiger partial charge is 0.229 e. The van der Waals surface area contributed by atoms with Gasteiger partial charge in [0, 0.05) is 23.1 Å².